The molecule has 2 aromatic carbocycles. The average Bonchev–Trinajstić information content (AvgIpc) is 2.90. The zero-order chi connectivity index (χ0) is 26.1. The lowest BCUT2D eigenvalue weighted by atomic mass is 9.72. The number of ether oxygens (including phenoxy) is 2. The molecule has 196 valence electrons. The number of aliphatic hydroxyl groups is 3. The maximum atomic E-state index is 12.4. The lowest BCUT2D eigenvalue weighted by molar-refractivity contribution is -0.295. The van der Waals surface area contributed by atoms with E-state index in [0.29, 0.717) is 11.1 Å². The van der Waals surface area contributed by atoms with Crippen molar-refractivity contribution < 1.29 is 24.8 Å². The Kier molecular flexibility index (Phi) is 11.0. The normalized spacial score (nSPS) is 13.7. The lowest BCUT2D eigenvalue weighted by Gasteiger charge is -2.46. The lowest BCUT2D eigenvalue weighted by Crippen LogP contribution is -2.63. The van der Waals surface area contributed by atoms with Crippen molar-refractivity contribution in [2.45, 2.75) is 59.0 Å². The Bertz CT molecular complexity index is 804. The van der Waals surface area contributed by atoms with E-state index in [2.05, 4.69) is 37.5 Å². The largest absolute Gasteiger partial charge is 0.393 e. The molecule has 0 saturated heterocycles. The molecule has 0 aromatic heterocycles. The molecule has 0 aliphatic carbocycles. The third-order valence-corrected chi connectivity index (χ3v) is 6.72. The fourth-order valence-electron chi connectivity index (χ4n) is 4.66. The first-order valence-electron chi connectivity index (χ1n) is 12.8. The van der Waals surface area contributed by atoms with Crippen LogP contribution in [0.25, 0.3) is 0 Å². The smallest absolute Gasteiger partial charge is 0.192 e. The van der Waals surface area contributed by atoms with Gasteiger partial charge in [0.15, 0.2) is 17.5 Å². The summed E-state index contributed by atoms with van der Waals surface area (Å²) in [4.78, 5) is 4.40. The molecular formula is C28H44N2O5. The second kappa shape index (κ2) is 13.2. The van der Waals surface area contributed by atoms with Crippen LogP contribution in [0.5, 0.6) is 0 Å². The topological polar surface area (TPSA) is 85.6 Å². The number of nitrogens with zero attached hydrogens (tertiary/aromatic N) is 2. The van der Waals surface area contributed by atoms with Gasteiger partial charge >= 0.3 is 0 Å². The van der Waals surface area contributed by atoms with E-state index in [1.54, 1.807) is 38.1 Å². The molecule has 0 fully saturated rings. The van der Waals surface area contributed by atoms with E-state index >= 15 is 0 Å². The summed E-state index contributed by atoms with van der Waals surface area (Å²) in [6.07, 6.45) is -1.25. The Morgan fingerprint density at radius 1 is 0.657 bits per heavy atom. The van der Waals surface area contributed by atoms with Gasteiger partial charge in [0, 0.05) is 50.8 Å². The summed E-state index contributed by atoms with van der Waals surface area (Å²) >= 11 is 0. The van der Waals surface area contributed by atoms with Crippen LogP contribution in [0.3, 0.4) is 0 Å². The van der Waals surface area contributed by atoms with E-state index < -0.39 is 24.1 Å². The van der Waals surface area contributed by atoms with Crippen LogP contribution in [0.4, 0.5) is 11.4 Å². The van der Waals surface area contributed by atoms with Crippen LogP contribution in [-0.2, 0) is 15.1 Å². The summed E-state index contributed by atoms with van der Waals surface area (Å²) in [6.45, 7) is 15.0. The van der Waals surface area contributed by atoms with Crippen molar-refractivity contribution in [2.24, 2.45) is 0 Å². The standard InChI is InChI=1S/C28H44N2O5/c1-7-29(8-2)24-17-13-22(14-18-24)28(33,27(32,21-31)26(34-11-5)35-12-6)23-15-19-25(20-16-23)30(9-3)10-4/h13-20,26,31-33H,7-12,21H2,1-6H3. The molecule has 0 bridgehead atoms. The molecule has 0 amide bonds. The molecule has 0 radical (unpaired) electrons. The Morgan fingerprint density at radius 3 is 1.26 bits per heavy atom. The number of rotatable bonds is 15. The van der Waals surface area contributed by atoms with E-state index in [1.807, 2.05) is 24.3 Å². The molecule has 35 heavy (non-hydrogen) atoms. The average molecular weight is 489 g/mol. The molecule has 1 atom stereocenters. The predicted molar refractivity (Wildman–Crippen MR) is 142 cm³/mol. The van der Waals surface area contributed by atoms with Crippen LogP contribution in [0.15, 0.2) is 48.5 Å². The summed E-state index contributed by atoms with van der Waals surface area (Å²) in [5.74, 6) is 0. The highest BCUT2D eigenvalue weighted by Gasteiger charge is 2.57. The summed E-state index contributed by atoms with van der Waals surface area (Å²) in [6, 6.07) is 14.9. The second-order valence-corrected chi connectivity index (χ2v) is 8.47. The quantitative estimate of drug-likeness (QED) is 0.329. The van der Waals surface area contributed by atoms with Crippen molar-refractivity contribution in [3.05, 3.63) is 59.7 Å². The predicted octanol–water partition coefficient (Wildman–Crippen LogP) is 3.74. The van der Waals surface area contributed by atoms with Gasteiger partial charge in [-0.05, 0) is 76.9 Å². The van der Waals surface area contributed by atoms with Crippen LogP contribution in [-0.4, -0.2) is 73.2 Å². The first-order chi connectivity index (χ1) is 16.8. The highest BCUT2D eigenvalue weighted by Crippen LogP contribution is 2.43. The SMILES string of the molecule is CCOC(OCC)C(O)(CO)C(O)(c1ccc(N(CC)CC)cc1)c1ccc(N(CC)CC)cc1. The number of hydrogen-bond donors (Lipinski definition) is 3. The van der Waals surface area contributed by atoms with Crippen molar-refractivity contribution in [3.8, 4) is 0 Å². The van der Waals surface area contributed by atoms with Crippen molar-refractivity contribution in [2.75, 3.05) is 55.8 Å². The molecule has 0 heterocycles. The van der Waals surface area contributed by atoms with Crippen LogP contribution in [0.1, 0.15) is 52.7 Å². The number of aliphatic hydroxyl groups excluding tert-OH is 1. The molecular weight excluding hydrogens is 444 g/mol. The van der Waals surface area contributed by atoms with Crippen molar-refractivity contribution in [1.82, 2.24) is 0 Å². The fourth-order valence-corrected chi connectivity index (χ4v) is 4.66. The Hall–Kier alpha value is -2.16. The zero-order valence-electron chi connectivity index (χ0n) is 22.2. The van der Waals surface area contributed by atoms with Crippen molar-refractivity contribution in [1.29, 1.82) is 0 Å². The minimum absolute atomic E-state index is 0.241. The zero-order valence-corrected chi connectivity index (χ0v) is 22.2. The van der Waals surface area contributed by atoms with E-state index in [4.69, 9.17) is 9.47 Å². The van der Waals surface area contributed by atoms with E-state index in [0.717, 1.165) is 37.6 Å². The monoisotopic (exact) mass is 488 g/mol. The number of anilines is 2. The van der Waals surface area contributed by atoms with Gasteiger partial charge in [0.25, 0.3) is 0 Å². The third kappa shape index (κ3) is 5.81. The van der Waals surface area contributed by atoms with Gasteiger partial charge in [-0.3, -0.25) is 0 Å². The minimum Gasteiger partial charge on any atom is -0.393 e. The molecule has 2 aromatic rings. The summed E-state index contributed by atoms with van der Waals surface area (Å²) in [7, 11) is 0. The fraction of sp³-hybridized carbons (Fsp3) is 0.571. The molecule has 0 aliphatic heterocycles. The van der Waals surface area contributed by atoms with E-state index in [1.165, 1.54) is 0 Å². The molecule has 2 rings (SSSR count). The molecule has 3 N–H and O–H groups in total. The Balaban J connectivity index is 2.72. The highest BCUT2D eigenvalue weighted by atomic mass is 16.7. The first-order valence-corrected chi connectivity index (χ1v) is 12.8. The maximum Gasteiger partial charge on any atom is 0.192 e. The van der Waals surface area contributed by atoms with Crippen LogP contribution < -0.4 is 9.80 Å². The minimum atomic E-state index is -2.17. The summed E-state index contributed by atoms with van der Waals surface area (Å²) in [5, 5.41) is 34.8. The van der Waals surface area contributed by atoms with Gasteiger partial charge in [-0.15, -0.1) is 0 Å². The van der Waals surface area contributed by atoms with Crippen LogP contribution in [0.2, 0.25) is 0 Å². The molecule has 7 nitrogen and oxygen atoms in total. The van der Waals surface area contributed by atoms with Crippen molar-refractivity contribution in [3.63, 3.8) is 0 Å². The first kappa shape index (κ1) is 29.1. The second-order valence-electron chi connectivity index (χ2n) is 8.47. The van der Waals surface area contributed by atoms with E-state index in [9.17, 15) is 15.3 Å². The summed E-state index contributed by atoms with van der Waals surface area (Å²) in [5.41, 5.74) is -1.30. The number of hydrogen-bond acceptors (Lipinski definition) is 7. The third-order valence-electron chi connectivity index (χ3n) is 6.72. The van der Waals surface area contributed by atoms with Gasteiger partial charge in [-0.1, -0.05) is 24.3 Å². The Morgan fingerprint density at radius 2 is 1.00 bits per heavy atom. The van der Waals surface area contributed by atoms with Gasteiger partial charge in [-0.25, -0.2) is 0 Å². The molecule has 0 spiro atoms. The van der Waals surface area contributed by atoms with Crippen LogP contribution in [0, 0.1) is 0 Å². The van der Waals surface area contributed by atoms with Gasteiger partial charge < -0.3 is 34.6 Å². The summed E-state index contributed by atoms with van der Waals surface area (Å²) < 4.78 is 11.4. The maximum absolute atomic E-state index is 12.4. The number of benzene rings is 2. The van der Waals surface area contributed by atoms with Gasteiger partial charge in [0.1, 0.15) is 0 Å². The highest BCUT2D eigenvalue weighted by molar-refractivity contribution is 5.53. The van der Waals surface area contributed by atoms with Gasteiger partial charge in [-0.2, -0.15) is 0 Å². The van der Waals surface area contributed by atoms with Crippen molar-refractivity contribution >= 4 is 11.4 Å². The molecule has 7 heteroatoms. The van der Waals surface area contributed by atoms with Crippen LogP contribution >= 0.6 is 0 Å². The van der Waals surface area contributed by atoms with Gasteiger partial charge in [0.05, 0.1) is 6.61 Å². The molecule has 1 unspecified atom stereocenters. The molecule has 0 aliphatic rings. The van der Waals surface area contributed by atoms with Gasteiger partial charge in [0.2, 0.25) is 0 Å². The molecule has 0 saturated carbocycles. The Labute approximate surface area is 210 Å². The van der Waals surface area contributed by atoms with E-state index in [-0.39, 0.29) is 13.2 Å².